The quantitative estimate of drug-likeness (QED) is 0.647. The van der Waals surface area contributed by atoms with Crippen LogP contribution >= 0.6 is 0 Å². The molecule has 1 N–H and O–H groups in total. The summed E-state index contributed by atoms with van der Waals surface area (Å²) in [5.41, 5.74) is -0.417. The molecule has 1 heterocycles. The molecule has 0 aliphatic carbocycles. The zero-order valence-electron chi connectivity index (χ0n) is 7.79. The van der Waals surface area contributed by atoms with E-state index in [1.54, 1.807) is 7.11 Å². The highest BCUT2D eigenvalue weighted by atomic mass is 17.2. The molecule has 0 aromatic heterocycles. The maximum atomic E-state index is 8.76. The third kappa shape index (κ3) is 1.95. The van der Waals surface area contributed by atoms with E-state index in [9.17, 15) is 0 Å². The highest BCUT2D eigenvalue weighted by molar-refractivity contribution is 4.84. The van der Waals surface area contributed by atoms with Crippen LogP contribution in [0.5, 0.6) is 0 Å². The van der Waals surface area contributed by atoms with Crippen LogP contribution in [0, 0.1) is 0 Å². The van der Waals surface area contributed by atoms with Gasteiger partial charge >= 0.3 is 0 Å². The number of aliphatic hydroxyl groups is 1. The molecule has 1 aliphatic rings. The van der Waals surface area contributed by atoms with Gasteiger partial charge in [0.15, 0.2) is 0 Å². The normalized spacial score (nSPS) is 42.0. The van der Waals surface area contributed by atoms with Crippen molar-refractivity contribution >= 4 is 0 Å². The lowest BCUT2D eigenvalue weighted by atomic mass is 9.95. The summed E-state index contributed by atoms with van der Waals surface area (Å²) in [5, 5.41) is 8.76. The van der Waals surface area contributed by atoms with E-state index in [0.717, 1.165) is 0 Å². The monoisotopic (exact) mass is 176 g/mol. The number of rotatable bonds is 3. The largest absolute Gasteiger partial charge is 0.396 e. The molecule has 2 unspecified atom stereocenters. The first kappa shape index (κ1) is 9.92. The summed E-state index contributed by atoms with van der Waals surface area (Å²) in [6, 6.07) is 0. The molecule has 0 saturated carbocycles. The molecule has 0 aromatic rings. The molecule has 0 bridgehead atoms. The Morgan fingerprint density at radius 3 is 2.50 bits per heavy atom. The van der Waals surface area contributed by atoms with E-state index >= 15 is 0 Å². The van der Waals surface area contributed by atoms with Crippen molar-refractivity contribution in [3.05, 3.63) is 0 Å². The molecule has 1 rings (SSSR count). The third-order valence-corrected chi connectivity index (χ3v) is 2.19. The zero-order valence-corrected chi connectivity index (χ0v) is 7.79. The molecule has 1 saturated heterocycles. The third-order valence-electron chi connectivity index (χ3n) is 2.19. The van der Waals surface area contributed by atoms with Crippen molar-refractivity contribution in [2.75, 3.05) is 13.7 Å². The molecule has 12 heavy (non-hydrogen) atoms. The van der Waals surface area contributed by atoms with Crippen LogP contribution in [0.15, 0.2) is 0 Å². The smallest absolute Gasteiger partial charge is 0.201 e. The fourth-order valence-corrected chi connectivity index (χ4v) is 1.40. The predicted molar refractivity (Wildman–Crippen MR) is 42.3 cm³/mol. The van der Waals surface area contributed by atoms with Crippen LogP contribution in [0.2, 0.25) is 0 Å². The average Bonchev–Trinajstić information content (AvgIpc) is 2.30. The average molecular weight is 176 g/mol. The molecule has 1 aliphatic heterocycles. The highest BCUT2D eigenvalue weighted by Crippen LogP contribution is 2.37. The minimum absolute atomic E-state index is 0.0969. The molecule has 4 heteroatoms. The SMILES string of the molecule is COC1(C)CC(C)(CCO)OO1. The summed E-state index contributed by atoms with van der Waals surface area (Å²) in [6.07, 6.45) is 1.20. The van der Waals surface area contributed by atoms with Gasteiger partial charge in [0, 0.05) is 26.6 Å². The Labute approximate surface area is 72.4 Å². The van der Waals surface area contributed by atoms with Gasteiger partial charge in [-0.3, -0.25) is 0 Å². The van der Waals surface area contributed by atoms with E-state index in [-0.39, 0.29) is 6.61 Å². The summed E-state index contributed by atoms with van der Waals surface area (Å²) < 4.78 is 5.11. The van der Waals surface area contributed by atoms with Crippen LogP contribution in [0.4, 0.5) is 0 Å². The summed E-state index contributed by atoms with van der Waals surface area (Å²) >= 11 is 0. The summed E-state index contributed by atoms with van der Waals surface area (Å²) in [5.74, 6) is -0.663. The standard InChI is InChI=1S/C8H16O4/c1-7(4-5-9)6-8(2,10-3)12-11-7/h9H,4-6H2,1-3H3. The lowest BCUT2D eigenvalue weighted by molar-refractivity contribution is -0.392. The van der Waals surface area contributed by atoms with Gasteiger partial charge in [0.05, 0.1) is 0 Å². The first-order valence-electron chi connectivity index (χ1n) is 4.06. The Morgan fingerprint density at radius 1 is 1.42 bits per heavy atom. The Morgan fingerprint density at radius 2 is 2.08 bits per heavy atom. The van der Waals surface area contributed by atoms with Crippen molar-refractivity contribution in [1.29, 1.82) is 0 Å². The predicted octanol–water partition coefficient (Wildman–Crippen LogP) is 0.842. The molecular weight excluding hydrogens is 160 g/mol. The minimum Gasteiger partial charge on any atom is -0.396 e. The first-order valence-corrected chi connectivity index (χ1v) is 4.06. The van der Waals surface area contributed by atoms with E-state index in [4.69, 9.17) is 19.6 Å². The molecular formula is C8H16O4. The number of methoxy groups -OCH3 is 1. The Hall–Kier alpha value is -0.160. The maximum absolute atomic E-state index is 8.76. The zero-order chi connectivity index (χ0) is 9.24. The van der Waals surface area contributed by atoms with Gasteiger partial charge in [-0.25, -0.2) is 9.78 Å². The van der Waals surface area contributed by atoms with E-state index in [0.29, 0.717) is 12.8 Å². The number of ether oxygens (including phenoxy) is 1. The molecule has 4 nitrogen and oxygen atoms in total. The van der Waals surface area contributed by atoms with Crippen LogP contribution in [-0.4, -0.2) is 30.2 Å². The molecule has 0 spiro atoms. The van der Waals surface area contributed by atoms with Gasteiger partial charge in [-0.1, -0.05) is 0 Å². The van der Waals surface area contributed by atoms with E-state index in [2.05, 4.69) is 0 Å². The Balaban J connectivity index is 2.53. The van der Waals surface area contributed by atoms with Gasteiger partial charge in [-0.05, 0) is 13.8 Å². The molecule has 72 valence electrons. The highest BCUT2D eigenvalue weighted by Gasteiger charge is 2.46. The maximum Gasteiger partial charge on any atom is 0.201 e. The molecule has 1 fully saturated rings. The number of hydrogen-bond acceptors (Lipinski definition) is 4. The lowest BCUT2D eigenvalue weighted by Gasteiger charge is -2.20. The number of hydrogen-bond donors (Lipinski definition) is 1. The van der Waals surface area contributed by atoms with Crippen molar-refractivity contribution < 1.29 is 19.6 Å². The fraction of sp³-hybridized carbons (Fsp3) is 1.00. The van der Waals surface area contributed by atoms with Gasteiger partial charge in [-0.15, -0.1) is 0 Å². The lowest BCUT2D eigenvalue weighted by Crippen LogP contribution is -2.30. The van der Waals surface area contributed by atoms with Crippen LogP contribution in [0.1, 0.15) is 26.7 Å². The second-order valence-corrected chi connectivity index (χ2v) is 3.60. The van der Waals surface area contributed by atoms with Gasteiger partial charge in [0.25, 0.3) is 0 Å². The second kappa shape index (κ2) is 3.30. The van der Waals surface area contributed by atoms with Gasteiger partial charge in [-0.2, -0.15) is 0 Å². The van der Waals surface area contributed by atoms with Gasteiger partial charge in [0.1, 0.15) is 5.60 Å². The minimum atomic E-state index is -0.663. The van der Waals surface area contributed by atoms with E-state index in [1.807, 2.05) is 13.8 Å². The second-order valence-electron chi connectivity index (χ2n) is 3.60. The van der Waals surface area contributed by atoms with Crippen molar-refractivity contribution in [2.24, 2.45) is 0 Å². The molecule has 0 radical (unpaired) electrons. The topological polar surface area (TPSA) is 47.9 Å². The van der Waals surface area contributed by atoms with Crippen LogP contribution in [-0.2, 0) is 14.5 Å². The summed E-state index contributed by atoms with van der Waals surface area (Å²) in [4.78, 5) is 10.1. The molecule has 0 amide bonds. The van der Waals surface area contributed by atoms with Crippen LogP contribution in [0.3, 0.4) is 0 Å². The van der Waals surface area contributed by atoms with E-state index < -0.39 is 11.4 Å². The van der Waals surface area contributed by atoms with Crippen molar-refractivity contribution in [2.45, 2.75) is 38.1 Å². The van der Waals surface area contributed by atoms with Crippen molar-refractivity contribution in [3.63, 3.8) is 0 Å². The Kier molecular flexibility index (Phi) is 2.73. The van der Waals surface area contributed by atoms with Crippen molar-refractivity contribution in [1.82, 2.24) is 0 Å². The fourth-order valence-electron chi connectivity index (χ4n) is 1.40. The Bertz CT molecular complexity index is 161. The molecule has 2 atom stereocenters. The number of aliphatic hydroxyl groups excluding tert-OH is 1. The van der Waals surface area contributed by atoms with Gasteiger partial charge < -0.3 is 9.84 Å². The first-order chi connectivity index (χ1) is 5.54. The summed E-state index contributed by atoms with van der Waals surface area (Å²) in [7, 11) is 1.58. The molecule has 0 aromatic carbocycles. The van der Waals surface area contributed by atoms with E-state index in [1.165, 1.54) is 0 Å². The summed E-state index contributed by atoms with van der Waals surface area (Å²) in [6.45, 7) is 3.81. The van der Waals surface area contributed by atoms with Crippen LogP contribution in [0.25, 0.3) is 0 Å². The van der Waals surface area contributed by atoms with Crippen molar-refractivity contribution in [3.8, 4) is 0 Å². The van der Waals surface area contributed by atoms with Gasteiger partial charge in [0.2, 0.25) is 5.79 Å². The van der Waals surface area contributed by atoms with Crippen LogP contribution < -0.4 is 0 Å².